The van der Waals surface area contributed by atoms with E-state index in [9.17, 15) is 4.79 Å². The van der Waals surface area contributed by atoms with Gasteiger partial charge in [0.1, 0.15) is 5.75 Å². The average molecular weight is 450 g/mol. The number of aryl methyl sites for hydroxylation is 1. The van der Waals surface area contributed by atoms with E-state index in [1.807, 2.05) is 6.07 Å². The lowest BCUT2D eigenvalue weighted by Crippen LogP contribution is -2.12. The number of rotatable bonds is 4. The highest BCUT2D eigenvalue weighted by Crippen LogP contribution is 2.35. The number of nitrogens with one attached hydrogen (secondary N) is 1. The minimum atomic E-state index is -0.642. The first kappa shape index (κ1) is 20.3. The maximum Gasteiger partial charge on any atom is 0.357 e. The second kappa shape index (κ2) is 7.81. The van der Waals surface area contributed by atoms with Gasteiger partial charge in [-0.1, -0.05) is 23.7 Å². The van der Waals surface area contributed by atoms with Crippen LogP contribution in [0.4, 0.5) is 5.69 Å². The summed E-state index contributed by atoms with van der Waals surface area (Å²) >= 11 is 6.55. The van der Waals surface area contributed by atoms with Crippen LogP contribution in [0.5, 0.6) is 11.8 Å². The van der Waals surface area contributed by atoms with E-state index < -0.39 is 5.97 Å². The molecule has 162 valence electrons. The van der Waals surface area contributed by atoms with Crippen LogP contribution in [0.2, 0.25) is 5.02 Å². The Morgan fingerprint density at radius 3 is 2.84 bits per heavy atom. The molecule has 0 bridgehead atoms. The van der Waals surface area contributed by atoms with E-state index in [1.165, 1.54) is 11.3 Å². The van der Waals surface area contributed by atoms with Gasteiger partial charge in [-0.25, -0.2) is 9.78 Å². The molecule has 0 fully saturated rings. The Morgan fingerprint density at radius 1 is 1.19 bits per heavy atom. The molecule has 0 saturated heterocycles. The molecule has 2 aromatic heterocycles. The van der Waals surface area contributed by atoms with Crippen LogP contribution in [0.1, 0.15) is 21.5 Å². The highest BCUT2D eigenvalue weighted by molar-refractivity contribution is 6.33. The van der Waals surface area contributed by atoms with Gasteiger partial charge in [0.2, 0.25) is 0 Å². The summed E-state index contributed by atoms with van der Waals surface area (Å²) in [4.78, 5) is 30.6. The normalized spacial score (nSPS) is 12.8. The number of fused-ring (bicyclic) bond motifs is 2. The van der Waals surface area contributed by atoms with E-state index >= 15 is 0 Å². The fourth-order valence-electron chi connectivity index (χ4n) is 3.92. The predicted octanol–water partition coefficient (Wildman–Crippen LogP) is 4.40. The van der Waals surface area contributed by atoms with Gasteiger partial charge in [0, 0.05) is 24.8 Å². The van der Waals surface area contributed by atoms with Gasteiger partial charge in [0.05, 0.1) is 21.8 Å². The summed E-state index contributed by atoms with van der Waals surface area (Å²) in [5.74, 6) is 4.77. The van der Waals surface area contributed by atoms with Crippen LogP contribution in [-0.2, 0) is 11.3 Å². The maximum atomic E-state index is 11.8. The molecule has 0 amide bonds. The number of nitrogens with two attached hydrogens (primary N) is 1. The molecule has 0 aliphatic carbocycles. The first-order valence-corrected chi connectivity index (χ1v) is 10.4. The van der Waals surface area contributed by atoms with E-state index in [4.69, 9.17) is 22.2 Å². The van der Waals surface area contributed by atoms with Crippen LogP contribution in [0, 0.1) is 6.92 Å². The Labute approximate surface area is 188 Å². The monoisotopic (exact) mass is 449 g/mol. The number of hydrogen-bond donors (Lipinski definition) is 2. The topological polar surface area (TPSA) is 106 Å². The molecule has 2 aromatic carbocycles. The summed E-state index contributed by atoms with van der Waals surface area (Å²) in [6.45, 7) is 2.78. The average Bonchev–Trinajstić information content (AvgIpc) is 3.35. The Morgan fingerprint density at radius 2 is 2.03 bits per heavy atom. The van der Waals surface area contributed by atoms with Gasteiger partial charge in [-0.15, -0.1) is 0 Å². The quantitative estimate of drug-likeness (QED) is 0.444. The molecule has 5 rings (SSSR count). The molecule has 32 heavy (non-hydrogen) atoms. The second-order valence-electron chi connectivity index (χ2n) is 7.73. The molecule has 8 nitrogen and oxygen atoms in total. The van der Waals surface area contributed by atoms with E-state index in [-0.39, 0.29) is 6.01 Å². The van der Waals surface area contributed by atoms with Crippen LogP contribution < -0.4 is 15.5 Å². The SMILES string of the molecule is Cc1ccc(Oc2nc3nc(-c4ccc5c(c4)CCN5C)c(Cl)cc3[nH]2)cc1C(=O)ON. The number of anilines is 1. The third-order valence-corrected chi connectivity index (χ3v) is 5.92. The van der Waals surface area contributed by atoms with Crippen LogP contribution in [-0.4, -0.2) is 34.5 Å². The van der Waals surface area contributed by atoms with Gasteiger partial charge in [-0.05, 0) is 54.8 Å². The highest BCUT2D eigenvalue weighted by atomic mass is 35.5. The van der Waals surface area contributed by atoms with Crippen LogP contribution >= 0.6 is 11.6 Å². The maximum absolute atomic E-state index is 11.8. The molecule has 3 heterocycles. The summed E-state index contributed by atoms with van der Waals surface area (Å²) in [5.41, 5.74) is 6.27. The molecular weight excluding hydrogens is 430 g/mol. The number of carbonyl (C=O) groups is 1. The smallest absolute Gasteiger partial charge is 0.357 e. The zero-order valence-corrected chi connectivity index (χ0v) is 18.2. The summed E-state index contributed by atoms with van der Waals surface area (Å²) in [5, 5.41) is 0.516. The molecule has 3 N–H and O–H groups in total. The summed E-state index contributed by atoms with van der Waals surface area (Å²) in [6.07, 6.45) is 0.996. The molecule has 4 aromatic rings. The standard InChI is InChI=1S/C23H20ClN5O3/c1-12-3-5-15(10-16(12)22(30)32-25)31-23-26-18-11-17(24)20(27-21(18)28-23)14-4-6-19-13(9-14)7-8-29(19)2/h3-6,9-11H,7-8,25H2,1-2H3,(H,26,27,28). The van der Waals surface area contributed by atoms with Gasteiger partial charge in [-0.2, -0.15) is 10.9 Å². The molecule has 0 atom stereocenters. The third-order valence-electron chi connectivity index (χ3n) is 5.64. The fraction of sp³-hybridized carbons (Fsp3) is 0.174. The van der Waals surface area contributed by atoms with E-state index in [1.54, 1.807) is 31.2 Å². The minimum absolute atomic E-state index is 0.229. The number of benzene rings is 2. The molecular formula is C23H20ClN5O3. The largest absolute Gasteiger partial charge is 0.426 e. The number of nitrogens with zero attached hydrogens (tertiary/aromatic N) is 3. The van der Waals surface area contributed by atoms with E-state index in [0.717, 1.165) is 24.1 Å². The van der Waals surface area contributed by atoms with Crippen molar-refractivity contribution in [3.63, 3.8) is 0 Å². The number of pyridine rings is 1. The van der Waals surface area contributed by atoms with Crippen molar-refractivity contribution >= 4 is 34.4 Å². The van der Waals surface area contributed by atoms with Crippen molar-refractivity contribution < 1.29 is 14.4 Å². The van der Waals surface area contributed by atoms with Gasteiger partial charge in [0.25, 0.3) is 0 Å². The number of likely N-dealkylation sites (N-methyl/N-ethyl adjacent to an activating group) is 1. The minimum Gasteiger partial charge on any atom is -0.426 e. The number of imidazole rings is 1. The zero-order valence-electron chi connectivity index (χ0n) is 17.5. The molecule has 0 unspecified atom stereocenters. The van der Waals surface area contributed by atoms with Crippen molar-refractivity contribution in [1.29, 1.82) is 0 Å². The van der Waals surface area contributed by atoms with Gasteiger partial charge in [0.15, 0.2) is 5.65 Å². The summed E-state index contributed by atoms with van der Waals surface area (Å²) in [6, 6.07) is 13.3. The zero-order chi connectivity index (χ0) is 22.4. The summed E-state index contributed by atoms with van der Waals surface area (Å²) in [7, 11) is 2.09. The third kappa shape index (κ3) is 3.53. The number of carbonyl (C=O) groups excluding carboxylic acids is 1. The number of hydrogen-bond acceptors (Lipinski definition) is 7. The molecule has 1 aliphatic heterocycles. The Hall–Kier alpha value is -3.62. The number of H-pyrrole nitrogens is 1. The molecule has 0 spiro atoms. The number of aromatic amines is 1. The predicted molar refractivity (Wildman–Crippen MR) is 122 cm³/mol. The summed E-state index contributed by atoms with van der Waals surface area (Å²) < 4.78 is 5.81. The van der Waals surface area contributed by atoms with E-state index in [0.29, 0.717) is 33.2 Å². The number of halogens is 1. The second-order valence-corrected chi connectivity index (χ2v) is 8.14. The highest BCUT2D eigenvalue weighted by Gasteiger charge is 2.19. The van der Waals surface area contributed by atoms with Gasteiger partial charge >= 0.3 is 12.0 Å². The van der Waals surface area contributed by atoms with Crippen molar-refractivity contribution in [3.05, 3.63) is 64.2 Å². The van der Waals surface area contributed by atoms with Crippen molar-refractivity contribution in [2.75, 3.05) is 18.5 Å². The first-order chi connectivity index (χ1) is 15.4. The van der Waals surface area contributed by atoms with Crippen molar-refractivity contribution in [3.8, 4) is 23.0 Å². The van der Waals surface area contributed by atoms with Gasteiger partial charge < -0.3 is 19.5 Å². The molecule has 1 aliphatic rings. The van der Waals surface area contributed by atoms with Crippen LogP contribution in [0.3, 0.4) is 0 Å². The lowest BCUT2D eigenvalue weighted by molar-refractivity contribution is 0.0502. The lowest BCUT2D eigenvalue weighted by Gasteiger charge is -2.12. The molecule has 0 saturated carbocycles. The lowest BCUT2D eigenvalue weighted by atomic mass is 10.1. The number of ether oxygens (including phenoxy) is 1. The van der Waals surface area contributed by atoms with Crippen molar-refractivity contribution in [1.82, 2.24) is 15.0 Å². The van der Waals surface area contributed by atoms with Gasteiger partial charge in [-0.3, -0.25) is 0 Å². The van der Waals surface area contributed by atoms with Crippen LogP contribution in [0.15, 0.2) is 42.5 Å². The van der Waals surface area contributed by atoms with Crippen LogP contribution in [0.25, 0.3) is 22.4 Å². The van der Waals surface area contributed by atoms with Crippen molar-refractivity contribution in [2.24, 2.45) is 5.90 Å². The Balaban J connectivity index is 1.48. The first-order valence-electron chi connectivity index (χ1n) is 10.0. The number of aromatic nitrogens is 3. The van der Waals surface area contributed by atoms with Crippen molar-refractivity contribution in [2.45, 2.75) is 13.3 Å². The molecule has 0 radical (unpaired) electrons. The molecule has 9 heteroatoms. The Kier molecular flexibility index (Phi) is 4.96. The van der Waals surface area contributed by atoms with E-state index in [2.05, 4.69) is 43.9 Å². The Bertz CT molecular complexity index is 1370. The fourth-order valence-corrected chi connectivity index (χ4v) is 4.18.